The molecule has 1 aliphatic rings. The van der Waals surface area contributed by atoms with Gasteiger partial charge in [-0.05, 0) is 45.1 Å². The van der Waals surface area contributed by atoms with E-state index in [1.165, 1.54) is 32.0 Å². The SMILES string of the molecule is CN(CCN1CCCC1)Cc1ccc(Br)cc1F. The number of likely N-dealkylation sites (tertiary alicyclic amines) is 1. The molecule has 2 nitrogen and oxygen atoms in total. The van der Waals surface area contributed by atoms with E-state index < -0.39 is 0 Å². The van der Waals surface area contributed by atoms with Crippen molar-refractivity contribution in [1.29, 1.82) is 0 Å². The van der Waals surface area contributed by atoms with Crippen LogP contribution in [0.25, 0.3) is 0 Å². The van der Waals surface area contributed by atoms with Crippen molar-refractivity contribution in [2.24, 2.45) is 0 Å². The quantitative estimate of drug-likeness (QED) is 0.824. The summed E-state index contributed by atoms with van der Waals surface area (Å²) < 4.78 is 14.5. The minimum absolute atomic E-state index is 0.127. The smallest absolute Gasteiger partial charge is 0.128 e. The second-order valence-corrected chi connectivity index (χ2v) is 5.94. The maximum absolute atomic E-state index is 13.7. The van der Waals surface area contributed by atoms with Gasteiger partial charge in [-0.15, -0.1) is 0 Å². The standard InChI is InChI=1S/C14H20BrFN2/c1-17(8-9-18-6-2-3-7-18)11-12-4-5-13(15)10-14(12)16/h4-5,10H,2-3,6-9,11H2,1H3. The Balaban J connectivity index is 1.80. The Morgan fingerprint density at radius 1 is 1.33 bits per heavy atom. The van der Waals surface area contributed by atoms with Gasteiger partial charge in [-0.25, -0.2) is 4.39 Å². The first-order valence-corrected chi connectivity index (χ1v) is 7.29. The van der Waals surface area contributed by atoms with E-state index in [1.54, 1.807) is 0 Å². The Bertz CT molecular complexity index is 391. The van der Waals surface area contributed by atoms with E-state index in [1.807, 2.05) is 12.1 Å². The fourth-order valence-corrected chi connectivity index (χ4v) is 2.67. The molecular weight excluding hydrogens is 295 g/mol. The lowest BCUT2D eigenvalue weighted by Gasteiger charge is -2.21. The lowest BCUT2D eigenvalue weighted by atomic mass is 10.2. The van der Waals surface area contributed by atoms with Crippen LogP contribution in [0.4, 0.5) is 4.39 Å². The van der Waals surface area contributed by atoms with Gasteiger partial charge in [0.2, 0.25) is 0 Å². The maximum atomic E-state index is 13.7. The van der Waals surface area contributed by atoms with Gasteiger partial charge in [0.1, 0.15) is 5.82 Å². The average molecular weight is 315 g/mol. The monoisotopic (exact) mass is 314 g/mol. The van der Waals surface area contributed by atoms with E-state index in [-0.39, 0.29) is 5.82 Å². The molecule has 2 rings (SSSR count). The zero-order chi connectivity index (χ0) is 13.0. The van der Waals surface area contributed by atoms with Crippen molar-refractivity contribution in [3.05, 3.63) is 34.1 Å². The van der Waals surface area contributed by atoms with Crippen LogP contribution >= 0.6 is 15.9 Å². The first kappa shape index (κ1) is 14.0. The molecule has 1 aliphatic heterocycles. The number of benzene rings is 1. The highest BCUT2D eigenvalue weighted by atomic mass is 79.9. The summed E-state index contributed by atoms with van der Waals surface area (Å²) in [6, 6.07) is 5.28. The molecule has 0 amide bonds. The molecule has 0 N–H and O–H groups in total. The van der Waals surface area contributed by atoms with Crippen molar-refractivity contribution < 1.29 is 4.39 Å². The molecule has 1 saturated heterocycles. The molecular formula is C14H20BrFN2. The van der Waals surface area contributed by atoms with Crippen LogP contribution in [0.1, 0.15) is 18.4 Å². The summed E-state index contributed by atoms with van der Waals surface area (Å²) in [6.07, 6.45) is 2.65. The van der Waals surface area contributed by atoms with Crippen molar-refractivity contribution in [2.75, 3.05) is 33.2 Å². The van der Waals surface area contributed by atoms with Crippen molar-refractivity contribution in [3.8, 4) is 0 Å². The average Bonchev–Trinajstić information content (AvgIpc) is 2.83. The van der Waals surface area contributed by atoms with Gasteiger partial charge < -0.3 is 9.80 Å². The maximum Gasteiger partial charge on any atom is 0.128 e. The molecule has 4 heteroatoms. The summed E-state index contributed by atoms with van der Waals surface area (Å²) in [7, 11) is 2.05. The van der Waals surface area contributed by atoms with Gasteiger partial charge >= 0.3 is 0 Å². The summed E-state index contributed by atoms with van der Waals surface area (Å²) in [6.45, 7) is 5.21. The van der Waals surface area contributed by atoms with Gasteiger partial charge in [0.25, 0.3) is 0 Å². The third-order valence-corrected chi connectivity index (χ3v) is 3.95. The van der Waals surface area contributed by atoms with Crippen molar-refractivity contribution in [2.45, 2.75) is 19.4 Å². The van der Waals surface area contributed by atoms with E-state index in [0.29, 0.717) is 6.54 Å². The van der Waals surface area contributed by atoms with Crippen LogP contribution in [0.5, 0.6) is 0 Å². The fourth-order valence-electron chi connectivity index (χ4n) is 2.34. The Hall–Kier alpha value is -0.450. The predicted molar refractivity (Wildman–Crippen MR) is 76.1 cm³/mol. The molecule has 0 unspecified atom stereocenters. The van der Waals surface area contributed by atoms with E-state index in [9.17, 15) is 4.39 Å². The molecule has 0 aromatic heterocycles. The zero-order valence-corrected chi connectivity index (χ0v) is 12.4. The van der Waals surface area contributed by atoms with Crippen molar-refractivity contribution >= 4 is 15.9 Å². The number of hydrogen-bond donors (Lipinski definition) is 0. The van der Waals surface area contributed by atoms with Crippen LogP contribution in [-0.2, 0) is 6.54 Å². The predicted octanol–water partition coefficient (Wildman–Crippen LogP) is 3.12. The summed E-state index contributed by atoms with van der Waals surface area (Å²) in [4.78, 5) is 4.67. The lowest BCUT2D eigenvalue weighted by Crippen LogP contribution is -2.31. The third kappa shape index (κ3) is 4.04. The van der Waals surface area contributed by atoms with Gasteiger partial charge in [0.05, 0.1) is 0 Å². The second kappa shape index (κ2) is 6.64. The normalized spacial score (nSPS) is 16.7. The number of rotatable bonds is 5. The first-order chi connectivity index (χ1) is 8.65. The number of halogens is 2. The van der Waals surface area contributed by atoms with E-state index in [4.69, 9.17) is 0 Å². The van der Waals surface area contributed by atoms with Crippen LogP contribution in [0, 0.1) is 5.82 Å². The van der Waals surface area contributed by atoms with Gasteiger partial charge in [-0.3, -0.25) is 0 Å². The molecule has 1 aromatic carbocycles. The third-order valence-electron chi connectivity index (χ3n) is 3.45. The van der Waals surface area contributed by atoms with Crippen LogP contribution < -0.4 is 0 Å². The van der Waals surface area contributed by atoms with Gasteiger partial charge in [-0.1, -0.05) is 22.0 Å². The highest BCUT2D eigenvalue weighted by molar-refractivity contribution is 9.10. The number of nitrogens with zero attached hydrogens (tertiary/aromatic N) is 2. The number of likely N-dealkylation sites (N-methyl/N-ethyl adjacent to an activating group) is 1. The Morgan fingerprint density at radius 2 is 2.06 bits per heavy atom. The summed E-state index contributed by atoms with van der Waals surface area (Å²) in [5.74, 6) is -0.127. The minimum atomic E-state index is -0.127. The van der Waals surface area contributed by atoms with Crippen LogP contribution in [-0.4, -0.2) is 43.0 Å². The largest absolute Gasteiger partial charge is 0.302 e. The molecule has 1 aromatic rings. The fraction of sp³-hybridized carbons (Fsp3) is 0.571. The molecule has 18 heavy (non-hydrogen) atoms. The summed E-state index contributed by atoms with van der Waals surface area (Å²) in [5.41, 5.74) is 0.766. The van der Waals surface area contributed by atoms with Gasteiger partial charge in [0, 0.05) is 29.7 Å². The molecule has 100 valence electrons. The highest BCUT2D eigenvalue weighted by Gasteiger charge is 2.12. The zero-order valence-electron chi connectivity index (χ0n) is 10.8. The molecule has 0 spiro atoms. The van der Waals surface area contributed by atoms with E-state index in [2.05, 4.69) is 32.8 Å². The molecule has 0 bridgehead atoms. The molecule has 0 aliphatic carbocycles. The molecule has 1 fully saturated rings. The number of hydrogen-bond acceptors (Lipinski definition) is 2. The molecule has 0 radical (unpaired) electrons. The van der Waals surface area contributed by atoms with Crippen molar-refractivity contribution in [1.82, 2.24) is 9.80 Å². The summed E-state index contributed by atoms with van der Waals surface area (Å²) >= 11 is 3.28. The molecule has 1 heterocycles. The Morgan fingerprint density at radius 3 is 2.72 bits per heavy atom. The van der Waals surface area contributed by atoms with Crippen LogP contribution in [0.3, 0.4) is 0 Å². The van der Waals surface area contributed by atoms with Gasteiger partial charge in [0.15, 0.2) is 0 Å². The molecule has 0 atom stereocenters. The Labute approximate surface area is 117 Å². The minimum Gasteiger partial charge on any atom is -0.302 e. The highest BCUT2D eigenvalue weighted by Crippen LogP contribution is 2.16. The molecule has 0 saturated carbocycles. The van der Waals surface area contributed by atoms with Gasteiger partial charge in [-0.2, -0.15) is 0 Å². The van der Waals surface area contributed by atoms with Crippen LogP contribution in [0.15, 0.2) is 22.7 Å². The van der Waals surface area contributed by atoms with Crippen LogP contribution in [0.2, 0.25) is 0 Å². The van der Waals surface area contributed by atoms with E-state index >= 15 is 0 Å². The van der Waals surface area contributed by atoms with E-state index in [0.717, 1.165) is 23.1 Å². The van der Waals surface area contributed by atoms with Crippen molar-refractivity contribution in [3.63, 3.8) is 0 Å². The summed E-state index contributed by atoms with van der Waals surface area (Å²) in [5, 5.41) is 0. The topological polar surface area (TPSA) is 6.48 Å². The second-order valence-electron chi connectivity index (χ2n) is 5.02. The first-order valence-electron chi connectivity index (χ1n) is 6.50. The Kier molecular flexibility index (Phi) is 5.15. The lowest BCUT2D eigenvalue weighted by molar-refractivity contribution is 0.250.